The molecule has 0 atom stereocenters. The number of hydrogen-bond acceptors (Lipinski definition) is 2. The zero-order valence-corrected chi connectivity index (χ0v) is 5.55. The Bertz CT molecular complexity index is 230. The molecule has 2 nitrogen and oxygen atoms in total. The molecule has 0 saturated carbocycles. The average Bonchev–Trinajstić information content (AvgIpc) is 1.94. The van der Waals surface area contributed by atoms with Gasteiger partial charge in [0.25, 0.3) is 0 Å². The van der Waals surface area contributed by atoms with Gasteiger partial charge in [0.05, 0.1) is 0 Å². The van der Waals surface area contributed by atoms with Gasteiger partial charge in [0.15, 0.2) is 0 Å². The van der Waals surface area contributed by atoms with E-state index in [1.165, 1.54) is 6.47 Å². The second-order valence-electron chi connectivity index (χ2n) is 1.88. The molecular formula is C8H6O2. The Balaban J connectivity index is 2.91. The minimum atomic E-state index is 0.512. The van der Waals surface area contributed by atoms with Crippen LogP contribution in [0.4, 0.5) is 0 Å². The molecule has 0 heterocycles. The molecule has 0 aromatic heterocycles. The Morgan fingerprint density at radius 2 is 2.50 bits per heavy atom. The molecule has 2 heteroatoms. The van der Waals surface area contributed by atoms with E-state index < -0.39 is 0 Å². The Hall–Kier alpha value is -1.31. The Morgan fingerprint density at radius 3 is 3.10 bits per heavy atom. The summed E-state index contributed by atoms with van der Waals surface area (Å²) >= 11 is 0. The summed E-state index contributed by atoms with van der Waals surface area (Å²) in [6.07, 6.45) is 0. The first-order valence-corrected chi connectivity index (χ1v) is 2.85. The molecule has 2 radical (unpaired) electrons. The quantitative estimate of drug-likeness (QED) is 0.608. The second kappa shape index (κ2) is 3.01. The van der Waals surface area contributed by atoms with E-state index in [1.54, 1.807) is 12.1 Å². The first-order valence-electron chi connectivity index (χ1n) is 2.85. The van der Waals surface area contributed by atoms with Crippen LogP contribution in [-0.4, -0.2) is 6.47 Å². The van der Waals surface area contributed by atoms with Crippen molar-refractivity contribution in [3.63, 3.8) is 0 Å². The second-order valence-corrected chi connectivity index (χ2v) is 1.88. The van der Waals surface area contributed by atoms with E-state index in [0.717, 1.165) is 5.56 Å². The molecular weight excluding hydrogens is 128 g/mol. The summed E-state index contributed by atoms with van der Waals surface area (Å²) in [5.41, 5.74) is 0.905. The van der Waals surface area contributed by atoms with Crippen LogP contribution in [0.2, 0.25) is 0 Å². The summed E-state index contributed by atoms with van der Waals surface area (Å²) in [6.45, 7) is 3.20. The number of carbonyl (C=O) groups excluding carboxylic acids is 1. The molecule has 10 heavy (non-hydrogen) atoms. The van der Waals surface area contributed by atoms with E-state index in [1.807, 2.05) is 13.0 Å². The Morgan fingerprint density at radius 1 is 1.70 bits per heavy atom. The third kappa shape index (κ3) is 1.35. The summed E-state index contributed by atoms with van der Waals surface area (Å²) in [7, 11) is 0. The van der Waals surface area contributed by atoms with E-state index in [0.29, 0.717) is 5.75 Å². The van der Waals surface area contributed by atoms with Gasteiger partial charge in [0.2, 0.25) is 0 Å². The SMILES string of the molecule is Cc1cc[c]cc1O[C]=O. The number of aryl methyl sites for hydroxylation is 1. The molecule has 0 unspecified atom stereocenters. The maximum atomic E-state index is 9.77. The Labute approximate surface area is 59.4 Å². The van der Waals surface area contributed by atoms with Gasteiger partial charge >= 0.3 is 6.47 Å². The summed E-state index contributed by atoms with van der Waals surface area (Å²) in [5.74, 6) is 0.512. The van der Waals surface area contributed by atoms with Crippen LogP contribution >= 0.6 is 0 Å². The molecule has 0 saturated heterocycles. The van der Waals surface area contributed by atoms with Crippen LogP contribution in [0, 0.1) is 13.0 Å². The first-order chi connectivity index (χ1) is 4.84. The number of benzene rings is 1. The lowest BCUT2D eigenvalue weighted by molar-refractivity contribution is 0.441. The molecule has 0 aliphatic rings. The van der Waals surface area contributed by atoms with Gasteiger partial charge in [0.1, 0.15) is 5.75 Å². The fraction of sp³-hybridized carbons (Fsp3) is 0.125. The van der Waals surface area contributed by atoms with E-state index in [4.69, 9.17) is 0 Å². The highest BCUT2D eigenvalue weighted by molar-refractivity contribution is 5.47. The standard InChI is InChI=1S/C8H6O2/c1-7-4-2-3-5-8(7)10-6-9/h2,4-5H,1H3. The van der Waals surface area contributed by atoms with Gasteiger partial charge < -0.3 is 4.74 Å². The van der Waals surface area contributed by atoms with Crippen LogP contribution in [0.1, 0.15) is 5.56 Å². The Kier molecular flexibility index (Phi) is 2.05. The maximum absolute atomic E-state index is 9.77. The van der Waals surface area contributed by atoms with Crippen molar-refractivity contribution in [2.45, 2.75) is 6.92 Å². The van der Waals surface area contributed by atoms with Crippen molar-refractivity contribution in [2.75, 3.05) is 0 Å². The molecule has 0 amide bonds. The van der Waals surface area contributed by atoms with E-state index in [2.05, 4.69) is 10.8 Å². The summed E-state index contributed by atoms with van der Waals surface area (Å²) in [6, 6.07) is 7.95. The minimum Gasteiger partial charge on any atom is -0.418 e. The molecule has 0 N–H and O–H groups in total. The fourth-order valence-electron chi connectivity index (χ4n) is 0.648. The first kappa shape index (κ1) is 6.81. The maximum Gasteiger partial charge on any atom is 0.423 e. The monoisotopic (exact) mass is 134 g/mol. The van der Waals surface area contributed by atoms with Gasteiger partial charge in [-0.2, -0.15) is 0 Å². The predicted molar refractivity (Wildman–Crippen MR) is 36.3 cm³/mol. The molecule has 1 aromatic rings. The molecule has 1 aromatic carbocycles. The van der Waals surface area contributed by atoms with Crippen molar-refractivity contribution >= 4 is 6.47 Å². The third-order valence-corrected chi connectivity index (χ3v) is 1.18. The zero-order valence-electron chi connectivity index (χ0n) is 5.55. The van der Waals surface area contributed by atoms with Gasteiger partial charge in [-0.25, -0.2) is 4.79 Å². The normalized spacial score (nSPS) is 8.90. The highest BCUT2D eigenvalue weighted by Gasteiger charge is 1.94. The minimum absolute atomic E-state index is 0.512. The van der Waals surface area contributed by atoms with Crippen molar-refractivity contribution in [1.29, 1.82) is 0 Å². The number of rotatable bonds is 2. The predicted octanol–water partition coefficient (Wildman–Crippen LogP) is 1.24. The van der Waals surface area contributed by atoms with Crippen molar-refractivity contribution in [1.82, 2.24) is 0 Å². The molecule has 0 aliphatic heterocycles. The largest absolute Gasteiger partial charge is 0.423 e. The van der Waals surface area contributed by atoms with E-state index >= 15 is 0 Å². The van der Waals surface area contributed by atoms with Gasteiger partial charge in [-0.1, -0.05) is 12.1 Å². The van der Waals surface area contributed by atoms with Gasteiger partial charge in [-0.3, -0.25) is 0 Å². The van der Waals surface area contributed by atoms with E-state index in [-0.39, 0.29) is 0 Å². The summed E-state index contributed by atoms with van der Waals surface area (Å²) in [4.78, 5) is 9.77. The molecule has 0 aliphatic carbocycles. The fourth-order valence-corrected chi connectivity index (χ4v) is 0.648. The van der Waals surface area contributed by atoms with Crippen LogP contribution in [0.25, 0.3) is 0 Å². The van der Waals surface area contributed by atoms with Crippen LogP contribution in [0.3, 0.4) is 0 Å². The summed E-state index contributed by atoms with van der Waals surface area (Å²) < 4.78 is 4.50. The van der Waals surface area contributed by atoms with Crippen LogP contribution in [0.15, 0.2) is 18.2 Å². The number of ether oxygens (including phenoxy) is 1. The molecule has 0 spiro atoms. The molecule has 0 fully saturated rings. The van der Waals surface area contributed by atoms with Gasteiger partial charge in [-0.05, 0) is 24.6 Å². The van der Waals surface area contributed by atoms with Crippen LogP contribution in [0.5, 0.6) is 5.75 Å². The number of hydrogen-bond donors (Lipinski definition) is 0. The van der Waals surface area contributed by atoms with Gasteiger partial charge in [-0.15, -0.1) is 0 Å². The molecule has 50 valence electrons. The van der Waals surface area contributed by atoms with Gasteiger partial charge in [0, 0.05) is 0 Å². The lowest BCUT2D eigenvalue weighted by atomic mass is 10.2. The third-order valence-electron chi connectivity index (χ3n) is 1.18. The molecule has 1 rings (SSSR count). The van der Waals surface area contributed by atoms with E-state index in [9.17, 15) is 4.79 Å². The van der Waals surface area contributed by atoms with Crippen molar-refractivity contribution in [3.8, 4) is 5.75 Å². The topological polar surface area (TPSA) is 26.3 Å². The van der Waals surface area contributed by atoms with Crippen molar-refractivity contribution < 1.29 is 9.53 Å². The highest BCUT2D eigenvalue weighted by atomic mass is 16.5. The lowest BCUT2D eigenvalue weighted by Gasteiger charge is -1.97. The van der Waals surface area contributed by atoms with Crippen molar-refractivity contribution in [3.05, 3.63) is 29.8 Å². The smallest absolute Gasteiger partial charge is 0.418 e. The van der Waals surface area contributed by atoms with Crippen LogP contribution < -0.4 is 4.74 Å². The lowest BCUT2D eigenvalue weighted by Crippen LogP contribution is -1.89. The van der Waals surface area contributed by atoms with Crippen molar-refractivity contribution in [2.24, 2.45) is 0 Å². The zero-order chi connectivity index (χ0) is 7.40. The van der Waals surface area contributed by atoms with Crippen LogP contribution in [-0.2, 0) is 4.79 Å². The molecule has 0 bridgehead atoms. The highest BCUT2D eigenvalue weighted by Crippen LogP contribution is 2.14. The average molecular weight is 134 g/mol. The summed E-state index contributed by atoms with van der Waals surface area (Å²) in [5, 5.41) is 0.